The van der Waals surface area contributed by atoms with E-state index < -0.39 is 11.3 Å². The standard InChI is InChI=1S/C24H28F2O2/c1-4-18(27)14-15-20(19-10-6-8-12-22(19)26)24(2,3)23(28)16-13-17-9-5-7-11-21(17)25/h5-12,20H,4,13-16H2,1-3H3. The van der Waals surface area contributed by atoms with Crippen molar-refractivity contribution < 1.29 is 18.4 Å². The van der Waals surface area contributed by atoms with Crippen molar-refractivity contribution in [2.45, 2.75) is 58.8 Å². The number of halogens is 2. The monoisotopic (exact) mass is 386 g/mol. The Morgan fingerprint density at radius 2 is 1.54 bits per heavy atom. The fourth-order valence-corrected chi connectivity index (χ4v) is 3.61. The molecule has 0 aliphatic heterocycles. The molecule has 0 amide bonds. The lowest BCUT2D eigenvalue weighted by Crippen LogP contribution is -2.33. The number of hydrogen-bond acceptors (Lipinski definition) is 2. The number of Topliss-reactive ketones (excluding diaryl/α,β-unsaturated/α-hetero) is 2. The lowest BCUT2D eigenvalue weighted by Gasteiger charge is -2.34. The summed E-state index contributed by atoms with van der Waals surface area (Å²) in [7, 11) is 0. The third-order valence-electron chi connectivity index (χ3n) is 5.56. The first-order valence-corrected chi connectivity index (χ1v) is 9.80. The molecule has 0 spiro atoms. The van der Waals surface area contributed by atoms with Crippen molar-refractivity contribution in [3.8, 4) is 0 Å². The van der Waals surface area contributed by atoms with E-state index in [-0.39, 0.29) is 29.6 Å². The molecule has 2 aromatic rings. The van der Waals surface area contributed by atoms with E-state index in [2.05, 4.69) is 0 Å². The Kier molecular flexibility index (Phi) is 7.61. The third kappa shape index (κ3) is 5.34. The van der Waals surface area contributed by atoms with Gasteiger partial charge in [-0.2, -0.15) is 0 Å². The maximum absolute atomic E-state index is 14.5. The molecule has 28 heavy (non-hydrogen) atoms. The molecular formula is C24H28F2O2. The minimum absolute atomic E-state index is 0.0621. The topological polar surface area (TPSA) is 34.1 Å². The van der Waals surface area contributed by atoms with Crippen LogP contribution in [0.2, 0.25) is 0 Å². The average molecular weight is 386 g/mol. The Hall–Kier alpha value is -2.36. The molecule has 4 heteroatoms. The molecular weight excluding hydrogens is 358 g/mol. The SMILES string of the molecule is CCC(=O)CCC(c1ccccc1F)C(C)(C)C(=O)CCc1ccccc1F. The number of aryl methyl sites for hydroxylation is 1. The van der Waals surface area contributed by atoms with Gasteiger partial charge in [-0.3, -0.25) is 9.59 Å². The summed E-state index contributed by atoms with van der Waals surface area (Å²) in [5.41, 5.74) is 0.0764. The van der Waals surface area contributed by atoms with E-state index in [4.69, 9.17) is 0 Å². The van der Waals surface area contributed by atoms with E-state index in [0.29, 0.717) is 36.8 Å². The largest absolute Gasteiger partial charge is 0.300 e. The van der Waals surface area contributed by atoms with Crippen LogP contribution >= 0.6 is 0 Å². The lowest BCUT2D eigenvalue weighted by molar-refractivity contribution is -0.129. The predicted octanol–water partition coefficient (Wildman–Crippen LogP) is 6.04. The zero-order valence-corrected chi connectivity index (χ0v) is 16.8. The average Bonchev–Trinajstić information content (AvgIpc) is 2.68. The molecule has 2 nitrogen and oxygen atoms in total. The molecule has 150 valence electrons. The zero-order chi connectivity index (χ0) is 20.7. The lowest BCUT2D eigenvalue weighted by atomic mass is 9.68. The second kappa shape index (κ2) is 9.72. The summed E-state index contributed by atoms with van der Waals surface area (Å²) in [6.07, 6.45) is 1.60. The van der Waals surface area contributed by atoms with E-state index in [1.165, 1.54) is 12.1 Å². The molecule has 0 radical (unpaired) electrons. The van der Waals surface area contributed by atoms with Crippen LogP contribution in [-0.2, 0) is 16.0 Å². The minimum Gasteiger partial charge on any atom is -0.300 e. The molecule has 0 saturated heterocycles. The fourth-order valence-electron chi connectivity index (χ4n) is 3.61. The number of carbonyl (C=O) groups excluding carboxylic acids is 2. The third-order valence-corrected chi connectivity index (χ3v) is 5.56. The van der Waals surface area contributed by atoms with Crippen molar-refractivity contribution >= 4 is 11.6 Å². The first kappa shape index (κ1) is 21.9. The number of carbonyl (C=O) groups is 2. The van der Waals surface area contributed by atoms with Crippen LogP contribution in [0.5, 0.6) is 0 Å². The van der Waals surface area contributed by atoms with Crippen LogP contribution < -0.4 is 0 Å². The molecule has 2 aromatic carbocycles. The van der Waals surface area contributed by atoms with Crippen molar-refractivity contribution in [2.75, 3.05) is 0 Å². The molecule has 0 aliphatic carbocycles. The minimum atomic E-state index is -0.874. The quantitative estimate of drug-likeness (QED) is 0.499. The van der Waals surface area contributed by atoms with E-state index in [1.807, 2.05) is 0 Å². The zero-order valence-electron chi connectivity index (χ0n) is 16.8. The second-order valence-corrected chi connectivity index (χ2v) is 7.74. The van der Waals surface area contributed by atoms with Crippen molar-refractivity contribution in [3.05, 3.63) is 71.3 Å². The first-order chi connectivity index (χ1) is 13.3. The molecule has 0 aliphatic rings. The summed E-state index contributed by atoms with van der Waals surface area (Å²) >= 11 is 0. The van der Waals surface area contributed by atoms with E-state index >= 15 is 0 Å². The van der Waals surface area contributed by atoms with Crippen LogP contribution in [0.1, 0.15) is 63.5 Å². The Balaban J connectivity index is 2.23. The van der Waals surface area contributed by atoms with Gasteiger partial charge in [0.2, 0.25) is 0 Å². The van der Waals surface area contributed by atoms with Gasteiger partial charge in [-0.1, -0.05) is 57.2 Å². The highest BCUT2D eigenvalue weighted by Gasteiger charge is 2.38. The van der Waals surface area contributed by atoms with Crippen molar-refractivity contribution in [1.82, 2.24) is 0 Å². The van der Waals surface area contributed by atoms with Crippen LogP contribution in [0.15, 0.2) is 48.5 Å². The van der Waals surface area contributed by atoms with E-state index in [9.17, 15) is 18.4 Å². The Bertz CT molecular complexity index is 827. The molecule has 0 N–H and O–H groups in total. The molecule has 0 heterocycles. The van der Waals surface area contributed by atoms with Gasteiger partial charge in [0, 0.05) is 24.7 Å². The van der Waals surface area contributed by atoms with Gasteiger partial charge in [-0.25, -0.2) is 8.78 Å². The normalized spacial score (nSPS) is 12.6. The van der Waals surface area contributed by atoms with Crippen LogP contribution in [0.3, 0.4) is 0 Å². The molecule has 0 fully saturated rings. The predicted molar refractivity (Wildman–Crippen MR) is 107 cm³/mol. The Morgan fingerprint density at radius 1 is 0.929 bits per heavy atom. The van der Waals surface area contributed by atoms with Crippen LogP contribution in [0.25, 0.3) is 0 Å². The summed E-state index contributed by atoms with van der Waals surface area (Å²) in [4.78, 5) is 24.9. The van der Waals surface area contributed by atoms with E-state index in [1.54, 1.807) is 57.2 Å². The maximum Gasteiger partial charge on any atom is 0.139 e. The van der Waals surface area contributed by atoms with Gasteiger partial charge in [0.25, 0.3) is 0 Å². The Morgan fingerprint density at radius 3 is 2.14 bits per heavy atom. The second-order valence-electron chi connectivity index (χ2n) is 7.74. The van der Waals surface area contributed by atoms with Crippen LogP contribution in [-0.4, -0.2) is 11.6 Å². The summed E-state index contributed by atoms with van der Waals surface area (Å²) in [6.45, 7) is 5.39. The molecule has 0 aromatic heterocycles. The summed E-state index contributed by atoms with van der Waals surface area (Å²) in [5, 5.41) is 0. The van der Waals surface area contributed by atoms with Gasteiger partial charge in [-0.05, 0) is 42.0 Å². The van der Waals surface area contributed by atoms with Gasteiger partial charge < -0.3 is 0 Å². The smallest absolute Gasteiger partial charge is 0.139 e. The maximum atomic E-state index is 14.5. The summed E-state index contributed by atoms with van der Waals surface area (Å²) in [6, 6.07) is 12.8. The number of ketones is 2. The first-order valence-electron chi connectivity index (χ1n) is 9.80. The van der Waals surface area contributed by atoms with Gasteiger partial charge in [0.1, 0.15) is 23.2 Å². The molecule has 2 rings (SSSR count). The Labute approximate surface area is 166 Å². The van der Waals surface area contributed by atoms with Gasteiger partial charge in [-0.15, -0.1) is 0 Å². The number of benzene rings is 2. The van der Waals surface area contributed by atoms with E-state index in [0.717, 1.165) is 0 Å². The van der Waals surface area contributed by atoms with Gasteiger partial charge >= 0.3 is 0 Å². The molecule has 1 atom stereocenters. The number of rotatable bonds is 10. The van der Waals surface area contributed by atoms with Crippen molar-refractivity contribution in [2.24, 2.45) is 5.41 Å². The highest BCUT2D eigenvalue weighted by Crippen LogP contribution is 2.42. The van der Waals surface area contributed by atoms with Crippen molar-refractivity contribution in [1.29, 1.82) is 0 Å². The van der Waals surface area contributed by atoms with Gasteiger partial charge in [0.05, 0.1) is 0 Å². The molecule has 1 unspecified atom stereocenters. The highest BCUT2D eigenvalue weighted by atomic mass is 19.1. The molecule has 0 saturated carbocycles. The summed E-state index contributed by atoms with van der Waals surface area (Å²) < 4.78 is 28.4. The van der Waals surface area contributed by atoms with Crippen molar-refractivity contribution in [3.63, 3.8) is 0 Å². The van der Waals surface area contributed by atoms with Crippen LogP contribution in [0, 0.1) is 17.0 Å². The fraction of sp³-hybridized carbons (Fsp3) is 0.417. The van der Waals surface area contributed by atoms with Gasteiger partial charge in [0.15, 0.2) is 0 Å². The highest BCUT2D eigenvalue weighted by molar-refractivity contribution is 5.85. The number of hydrogen-bond donors (Lipinski definition) is 0. The summed E-state index contributed by atoms with van der Waals surface area (Å²) in [5.74, 6) is -1.08. The molecule has 0 bridgehead atoms. The van der Waals surface area contributed by atoms with Crippen LogP contribution in [0.4, 0.5) is 8.78 Å².